The first kappa shape index (κ1) is 20.1. The molecule has 1 aliphatic heterocycles. The highest BCUT2D eigenvalue weighted by Crippen LogP contribution is 2.66. The predicted octanol–water partition coefficient (Wildman–Crippen LogP) is 6.07. The van der Waals surface area contributed by atoms with Crippen LogP contribution >= 0.6 is 23.5 Å². The minimum atomic E-state index is -0.0748. The Morgan fingerprint density at radius 3 is 2.53 bits per heavy atom. The molecule has 3 N–H and O–H groups in total. The lowest BCUT2D eigenvalue weighted by molar-refractivity contribution is -0.0558. The van der Waals surface area contributed by atoms with Gasteiger partial charge in [0.2, 0.25) is 0 Å². The van der Waals surface area contributed by atoms with Crippen LogP contribution in [0.4, 0.5) is 5.69 Å². The van der Waals surface area contributed by atoms with Crippen LogP contribution in [0.15, 0.2) is 35.9 Å². The van der Waals surface area contributed by atoms with E-state index in [2.05, 4.69) is 60.8 Å². The van der Waals surface area contributed by atoms with Crippen LogP contribution in [0.5, 0.6) is 0 Å². The molecule has 7 unspecified atom stereocenters. The molecule has 5 aliphatic rings. The van der Waals surface area contributed by atoms with E-state index in [-0.39, 0.29) is 11.5 Å². The number of anilines is 1. The second-order valence-electron chi connectivity index (χ2n) is 10.8. The summed E-state index contributed by atoms with van der Waals surface area (Å²) in [7, 11) is 0. The average molecular weight is 442 g/mol. The summed E-state index contributed by atoms with van der Waals surface area (Å²) in [4.78, 5) is 0. The van der Waals surface area contributed by atoms with Crippen molar-refractivity contribution in [3.63, 3.8) is 0 Å². The molecule has 0 radical (unpaired) electrons. The van der Waals surface area contributed by atoms with E-state index in [0.717, 1.165) is 29.9 Å². The summed E-state index contributed by atoms with van der Waals surface area (Å²) in [5.41, 5.74) is 10.4. The Morgan fingerprint density at radius 2 is 1.77 bits per heavy atom. The molecule has 0 amide bonds. The van der Waals surface area contributed by atoms with E-state index in [0.29, 0.717) is 15.9 Å². The first-order chi connectivity index (χ1) is 14.5. The molecular formula is C26H35NOS2. The van der Waals surface area contributed by atoms with E-state index in [1.807, 2.05) is 0 Å². The number of aliphatic hydroxyl groups excluding tert-OH is 1. The largest absolute Gasteiger partial charge is 0.399 e. The van der Waals surface area contributed by atoms with Gasteiger partial charge in [-0.25, -0.2) is 0 Å². The molecule has 6 rings (SSSR count). The fraction of sp³-hybridized carbons (Fsp3) is 0.692. The number of fused-ring (bicyclic) bond motifs is 5. The Labute approximate surface area is 189 Å². The molecule has 4 aliphatic carbocycles. The maximum atomic E-state index is 10.8. The zero-order chi connectivity index (χ0) is 20.5. The van der Waals surface area contributed by atoms with E-state index in [9.17, 15) is 5.11 Å². The Bertz CT molecular complexity index is 845. The number of benzene rings is 1. The Morgan fingerprint density at radius 1 is 1.00 bits per heavy atom. The SMILES string of the molecule is CC12CCC3C(CCC4=CC5(CC(c6ccc(N)cc6)C43)SCCS5)C1CCC2O. The first-order valence-corrected chi connectivity index (χ1v) is 14.0. The van der Waals surface area contributed by atoms with Gasteiger partial charge in [0.25, 0.3) is 0 Å². The summed E-state index contributed by atoms with van der Waals surface area (Å²) in [6, 6.07) is 8.86. The molecule has 3 saturated carbocycles. The van der Waals surface area contributed by atoms with Crippen LogP contribution in [0, 0.1) is 29.1 Å². The first-order valence-electron chi connectivity index (χ1n) is 12.0. The fourth-order valence-electron chi connectivity index (χ4n) is 8.17. The molecule has 4 heteroatoms. The van der Waals surface area contributed by atoms with Gasteiger partial charge in [-0.2, -0.15) is 0 Å². The minimum absolute atomic E-state index is 0.0748. The molecule has 0 aromatic heterocycles. The van der Waals surface area contributed by atoms with E-state index in [1.54, 1.807) is 5.57 Å². The molecular weight excluding hydrogens is 406 g/mol. The lowest BCUT2D eigenvalue weighted by Crippen LogP contribution is -2.49. The Hall–Kier alpha value is -0.580. The van der Waals surface area contributed by atoms with Gasteiger partial charge in [-0.3, -0.25) is 0 Å². The summed E-state index contributed by atoms with van der Waals surface area (Å²) < 4.78 is 0.303. The average Bonchev–Trinajstić information content (AvgIpc) is 3.32. The molecule has 7 atom stereocenters. The maximum Gasteiger partial charge on any atom is 0.0800 e. The molecule has 162 valence electrons. The molecule has 1 aromatic rings. The third-order valence-corrected chi connectivity index (χ3v) is 12.9. The van der Waals surface area contributed by atoms with Crippen molar-refractivity contribution >= 4 is 29.2 Å². The summed E-state index contributed by atoms with van der Waals surface area (Å²) in [5, 5.41) is 10.8. The van der Waals surface area contributed by atoms with Crippen LogP contribution in [0.2, 0.25) is 0 Å². The van der Waals surface area contributed by atoms with Gasteiger partial charge < -0.3 is 10.8 Å². The van der Waals surface area contributed by atoms with Crippen molar-refractivity contribution in [3.8, 4) is 0 Å². The highest BCUT2D eigenvalue weighted by molar-refractivity contribution is 8.21. The van der Waals surface area contributed by atoms with E-state index >= 15 is 0 Å². The standard InChI is InChI=1S/C26H35NOS2/c1-25-11-10-20-19(22(25)8-9-23(25)28)7-4-17-14-26(29-12-13-30-26)15-21(24(17)20)16-2-5-18(27)6-3-16/h2-3,5-6,14,19-24,28H,4,7-13,15,27H2,1H3. The summed E-state index contributed by atoms with van der Waals surface area (Å²) >= 11 is 4.39. The van der Waals surface area contributed by atoms with Gasteiger partial charge in [0.1, 0.15) is 0 Å². The normalized spacial score (nSPS) is 44.3. The van der Waals surface area contributed by atoms with Gasteiger partial charge in [-0.1, -0.05) is 30.7 Å². The highest BCUT2D eigenvalue weighted by Gasteiger charge is 2.58. The summed E-state index contributed by atoms with van der Waals surface area (Å²) in [6.45, 7) is 2.40. The van der Waals surface area contributed by atoms with Gasteiger partial charge in [0.15, 0.2) is 0 Å². The number of hydrogen-bond donors (Lipinski definition) is 2. The molecule has 4 fully saturated rings. The maximum absolute atomic E-state index is 10.8. The van der Waals surface area contributed by atoms with Crippen molar-refractivity contribution in [3.05, 3.63) is 41.5 Å². The van der Waals surface area contributed by atoms with E-state index in [1.165, 1.54) is 55.6 Å². The molecule has 0 bridgehead atoms. The van der Waals surface area contributed by atoms with Gasteiger partial charge >= 0.3 is 0 Å². The summed E-state index contributed by atoms with van der Waals surface area (Å²) in [6.07, 6.45) is 11.3. The molecule has 1 heterocycles. The Balaban J connectivity index is 1.40. The number of aliphatic hydroxyl groups is 1. The van der Waals surface area contributed by atoms with Gasteiger partial charge in [0, 0.05) is 17.2 Å². The number of allylic oxidation sites excluding steroid dienone is 1. The quantitative estimate of drug-likeness (QED) is 0.410. The van der Waals surface area contributed by atoms with Gasteiger partial charge in [-0.05, 0) is 97.6 Å². The van der Waals surface area contributed by atoms with Gasteiger partial charge in [-0.15, -0.1) is 23.5 Å². The van der Waals surface area contributed by atoms with Crippen molar-refractivity contribution in [2.45, 2.75) is 68.0 Å². The smallest absolute Gasteiger partial charge is 0.0800 e. The zero-order valence-corrected chi connectivity index (χ0v) is 19.7. The van der Waals surface area contributed by atoms with E-state index in [4.69, 9.17) is 5.73 Å². The number of nitrogen functional groups attached to an aromatic ring is 1. The molecule has 1 aromatic carbocycles. The van der Waals surface area contributed by atoms with Crippen LogP contribution in [0.1, 0.15) is 63.4 Å². The number of rotatable bonds is 1. The van der Waals surface area contributed by atoms with Crippen molar-refractivity contribution in [1.82, 2.24) is 0 Å². The van der Waals surface area contributed by atoms with Crippen molar-refractivity contribution < 1.29 is 5.11 Å². The monoisotopic (exact) mass is 441 g/mol. The second-order valence-corrected chi connectivity index (χ2v) is 14.0. The van der Waals surface area contributed by atoms with Crippen LogP contribution in [0.25, 0.3) is 0 Å². The van der Waals surface area contributed by atoms with Crippen molar-refractivity contribution in [2.75, 3.05) is 17.2 Å². The zero-order valence-electron chi connectivity index (χ0n) is 18.1. The third-order valence-electron chi connectivity index (χ3n) is 9.58. The Kier molecular flexibility index (Phi) is 4.82. The fourth-order valence-corrected chi connectivity index (χ4v) is 11.4. The highest BCUT2D eigenvalue weighted by atomic mass is 32.2. The lowest BCUT2D eigenvalue weighted by atomic mass is 9.50. The topological polar surface area (TPSA) is 46.2 Å². The predicted molar refractivity (Wildman–Crippen MR) is 130 cm³/mol. The van der Waals surface area contributed by atoms with Crippen LogP contribution in [-0.2, 0) is 0 Å². The molecule has 30 heavy (non-hydrogen) atoms. The van der Waals surface area contributed by atoms with Gasteiger partial charge in [0.05, 0.1) is 10.2 Å². The van der Waals surface area contributed by atoms with Crippen LogP contribution in [-0.4, -0.2) is 26.8 Å². The molecule has 1 spiro atoms. The lowest BCUT2D eigenvalue weighted by Gasteiger charge is -2.56. The van der Waals surface area contributed by atoms with Crippen LogP contribution < -0.4 is 5.73 Å². The molecule has 1 saturated heterocycles. The van der Waals surface area contributed by atoms with Crippen molar-refractivity contribution in [2.24, 2.45) is 29.1 Å². The molecule has 2 nitrogen and oxygen atoms in total. The minimum Gasteiger partial charge on any atom is -0.399 e. The summed E-state index contributed by atoms with van der Waals surface area (Å²) in [5.74, 6) is 6.22. The number of hydrogen-bond acceptors (Lipinski definition) is 4. The van der Waals surface area contributed by atoms with Crippen LogP contribution in [0.3, 0.4) is 0 Å². The van der Waals surface area contributed by atoms with Crippen molar-refractivity contribution in [1.29, 1.82) is 0 Å². The third kappa shape index (κ3) is 2.96. The van der Waals surface area contributed by atoms with E-state index < -0.39 is 0 Å². The second kappa shape index (κ2) is 7.22. The number of thioether (sulfide) groups is 2. The number of nitrogens with two attached hydrogens (primary N) is 1.